The van der Waals surface area contributed by atoms with Crippen LogP contribution >= 0.6 is 0 Å². The number of benzene rings is 1. The standard InChI is InChI=1S/C22H26N6O2/c1-2-20-25-21(26-30-20)18-8-9-19(24-16-18)27-12-14-28(15-13-27)22(29)23-11-10-17-6-4-3-5-7-17/h3-9,16H,2,10-15H2,1H3,(H,23,29). The van der Waals surface area contributed by atoms with E-state index in [1.54, 1.807) is 6.20 Å². The average Bonchev–Trinajstić information content (AvgIpc) is 3.29. The van der Waals surface area contributed by atoms with Crippen LogP contribution in [0.2, 0.25) is 0 Å². The molecule has 0 atom stereocenters. The second-order valence-corrected chi connectivity index (χ2v) is 7.21. The van der Waals surface area contributed by atoms with E-state index < -0.39 is 0 Å². The van der Waals surface area contributed by atoms with Gasteiger partial charge in [-0.05, 0) is 24.1 Å². The fourth-order valence-corrected chi connectivity index (χ4v) is 3.43. The van der Waals surface area contributed by atoms with Crippen molar-refractivity contribution in [3.63, 3.8) is 0 Å². The molecule has 1 N–H and O–H groups in total. The Bertz CT molecular complexity index is 949. The molecule has 156 valence electrons. The van der Waals surface area contributed by atoms with Crippen LogP contribution in [0.3, 0.4) is 0 Å². The van der Waals surface area contributed by atoms with Gasteiger partial charge in [0.2, 0.25) is 11.7 Å². The third-order valence-electron chi connectivity index (χ3n) is 5.20. The molecule has 3 heterocycles. The van der Waals surface area contributed by atoms with E-state index in [9.17, 15) is 4.79 Å². The number of aromatic nitrogens is 3. The van der Waals surface area contributed by atoms with Crippen molar-refractivity contribution in [2.45, 2.75) is 19.8 Å². The zero-order valence-electron chi connectivity index (χ0n) is 17.1. The number of anilines is 1. The third-order valence-corrected chi connectivity index (χ3v) is 5.20. The van der Waals surface area contributed by atoms with Crippen LogP contribution in [0.1, 0.15) is 18.4 Å². The van der Waals surface area contributed by atoms with E-state index in [0.717, 1.165) is 30.9 Å². The second-order valence-electron chi connectivity index (χ2n) is 7.21. The van der Waals surface area contributed by atoms with Gasteiger partial charge in [0.15, 0.2) is 0 Å². The molecule has 8 heteroatoms. The van der Waals surface area contributed by atoms with Crippen LogP contribution in [0.4, 0.5) is 10.6 Å². The fraction of sp³-hybridized carbons (Fsp3) is 0.364. The van der Waals surface area contributed by atoms with Gasteiger partial charge >= 0.3 is 6.03 Å². The molecule has 4 rings (SSSR count). The number of amides is 2. The molecule has 2 amide bonds. The SMILES string of the molecule is CCc1nc(-c2ccc(N3CCN(C(=O)NCCc4ccccc4)CC3)nc2)no1. The van der Waals surface area contributed by atoms with Gasteiger partial charge in [-0.2, -0.15) is 4.98 Å². The number of urea groups is 1. The number of rotatable bonds is 6. The highest BCUT2D eigenvalue weighted by atomic mass is 16.5. The normalized spacial score (nSPS) is 14.0. The molecule has 0 bridgehead atoms. The number of hydrogen-bond acceptors (Lipinski definition) is 6. The van der Waals surface area contributed by atoms with Crippen LogP contribution in [-0.4, -0.2) is 58.8 Å². The Morgan fingerprint density at radius 1 is 1.10 bits per heavy atom. The fourth-order valence-electron chi connectivity index (χ4n) is 3.43. The number of nitrogens with one attached hydrogen (secondary N) is 1. The number of nitrogens with zero attached hydrogens (tertiary/aromatic N) is 5. The quantitative estimate of drug-likeness (QED) is 0.677. The van der Waals surface area contributed by atoms with Crippen LogP contribution in [0.5, 0.6) is 0 Å². The molecule has 0 aliphatic carbocycles. The van der Waals surface area contributed by atoms with Gasteiger partial charge in [0, 0.05) is 50.9 Å². The van der Waals surface area contributed by atoms with Crippen LogP contribution in [0, 0.1) is 0 Å². The van der Waals surface area contributed by atoms with Gasteiger partial charge in [0.1, 0.15) is 5.82 Å². The summed E-state index contributed by atoms with van der Waals surface area (Å²) in [6.07, 6.45) is 3.31. The first kappa shape index (κ1) is 19.9. The van der Waals surface area contributed by atoms with E-state index in [-0.39, 0.29) is 6.03 Å². The lowest BCUT2D eigenvalue weighted by atomic mass is 10.1. The molecule has 1 aliphatic rings. The molecule has 30 heavy (non-hydrogen) atoms. The summed E-state index contributed by atoms with van der Waals surface area (Å²) in [7, 11) is 0. The van der Waals surface area contributed by atoms with Gasteiger partial charge in [-0.1, -0.05) is 42.4 Å². The van der Waals surface area contributed by atoms with Gasteiger partial charge in [0.25, 0.3) is 0 Å². The van der Waals surface area contributed by atoms with Gasteiger partial charge in [0.05, 0.1) is 0 Å². The molecule has 0 spiro atoms. The molecule has 0 saturated carbocycles. The average molecular weight is 406 g/mol. The van der Waals surface area contributed by atoms with Gasteiger partial charge in [-0.25, -0.2) is 9.78 Å². The summed E-state index contributed by atoms with van der Waals surface area (Å²) in [6.45, 7) is 5.46. The lowest BCUT2D eigenvalue weighted by molar-refractivity contribution is 0.194. The summed E-state index contributed by atoms with van der Waals surface area (Å²) >= 11 is 0. The van der Waals surface area contributed by atoms with Crippen molar-refractivity contribution in [1.29, 1.82) is 0 Å². The van der Waals surface area contributed by atoms with Gasteiger partial charge in [-0.15, -0.1) is 0 Å². The first-order valence-electron chi connectivity index (χ1n) is 10.3. The maximum absolute atomic E-state index is 12.4. The summed E-state index contributed by atoms with van der Waals surface area (Å²) in [5.41, 5.74) is 2.06. The van der Waals surface area contributed by atoms with E-state index in [1.165, 1.54) is 5.56 Å². The smallest absolute Gasteiger partial charge is 0.317 e. The topological polar surface area (TPSA) is 87.4 Å². The van der Waals surface area contributed by atoms with Crippen molar-refractivity contribution in [2.24, 2.45) is 0 Å². The van der Waals surface area contributed by atoms with Crippen molar-refractivity contribution in [2.75, 3.05) is 37.6 Å². The molecule has 0 unspecified atom stereocenters. The second kappa shape index (κ2) is 9.39. The summed E-state index contributed by atoms with van der Waals surface area (Å²) < 4.78 is 5.16. The summed E-state index contributed by atoms with van der Waals surface area (Å²) in [6, 6.07) is 14.1. The largest absolute Gasteiger partial charge is 0.353 e. The maximum atomic E-state index is 12.4. The Labute approximate surface area is 175 Å². The van der Waals surface area contributed by atoms with Crippen molar-refractivity contribution in [3.05, 3.63) is 60.1 Å². The molecule has 2 aromatic heterocycles. The van der Waals surface area contributed by atoms with E-state index in [4.69, 9.17) is 4.52 Å². The van der Waals surface area contributed by atoms with E-state index in [0.29, 0.717) is 37.8 Å². The number of aryl methyl sites for hydroxylation is 1. The molecule has 0 radical (unpaired) electrons. The monoisotopic (exact) mass is 406 g/mol. The number of carbonyl (C=O) groups is 1. The van der Waals surface area contributed by atoms with Crippen LogP contribution in [0.25, 0.3) is 11.4 Å². The Kier molecular flexibility index (Phi) is 6.22. The third kappa shape index (κ3) is 4.76. The van der Waals surface area contributed by atoms with E-state index >= 15 is 0 Å². The van der Waals surface area contributed by atoms with Crippen molar-refractivity contribution >= 4 is 11.8 Å². The predicted molar refractivity (Wildman–Crippen MR) is 114 cm³/mol. The van der Waals surface area contributed by atoms with E-state index in [2.05, 4.69) is 37.5 Å². The minimum atomic E-state index is -0.00211. The first-order chi connectivity index (χ1) is 14.7. The van der Waals surface area contributed by atoms with Crippen LogP contribution < -0.4 is 10.2 Å². The van der Waals surface area contributed by atoms with Crippen LogP contribution in [0.15, 0.2) is 53.2 Å². The Balaban J connectivity index is 1.25. The molecule has 1 saturated heterocycles. The highest BCUT2D eigenvalue weighted by molar-refractivity contribution is 5.74. The van der Waals surface area contributed by atoms with Crippen molar-refractivity contribution in [3.8, 4) is 11.4 Å². The lowest BCUT2D eigenvalue weighted by Gasteiger charge is -2.35. The summed E-state index contributed by atoms with van der Waals surface area (Å²) in [5.74, 6) is 2.07. The summed E-state index contributed by atoms with van der Waals surface area (Å²) in [4.78, 5) is 25.3. The maximum Gasteiger partial charge on any atom is 0.317 e. The van der Waals surface area contributed by atoms with Gasteiger partial charge in [-0.3, -0.25) is 0 Å². The molecular formula is C22H26N6O2. The predicted octanol–water partition coefficient (Wildman–Crippen LogP) is 2.77. The zero-order valence-corrected chi connectivity index (χ0v) is 17.1. The Hall–Kier alpha value is -3.42. The zero-order chi connectivity index (χ0) is 20.8. The molecular weight excluding hydrogens is 380 g/mol. The number of pyridine rings is 1. The van der Waals surface area contributed by atoms with Crippen LogP contribution in [-0.2, 0) is 12.8 Å². The number of piperazine rings is 1. The molecule has 1 aliphatic heterocycles. The molecule has 1 fully saturated rings. The van der Waals surface area contributed by atoms with Crippen molar-refractivity contribution < 1.29 is 9.32 Å². The van der Waals surface area contributed by atoms with E-state index in [1.807, 2.05) is 42.2 Å². The minimum Gasteiger partial charge on any atom is -0.353 e. The highest BCUT2D eigenvalue weighted by Crippen LogP contribution is 2.19. The highest BCUT2D eigenvalue weighted by Gasteiger charge is 2.21. The van der Waals surface area contributed by atoms with Crippen molar-refractivity contribution in [1.82, 2.24) is 25.3 Å². The Morgan fingerprint density at radius 2 is 1.90 bits per heavy atom. The molecule has 8 nitrogen and oxygen atoms in total. The minimum absolute atomic E-state index is 0.00211. The number of hydrogen-bond donors (Lipinski definition) is 1. The van der Waals surface area contributed by atoms with Gasteiger partial charge < -0.3 is 19.6 Å². The lowest BCUT2D eigenvalue weighted by Crippen LogP contribution is -2.52. The summed E-state index contributed by atoms with van der Waals surface area (Å²) in [5, 5.41) is 7.00. The molecule has 1 aromatic carbocycles. The first-order valence-corrected chi connectivity index (χ1v) is 10.3. The molecule has 3 aromatic rings. The number of carbonyl (C=O) groups excluding carboxylic acids is 1. The Morgan fingerprint density at radius 3 is 2.57 bits per heavy atom.